The van der Waals surface area contributed by atoms with Gasteiger partial charge in [0, 0.05) is 16.0 Å². The molecule has 21 heavy (non-hydrogen) atoms. The first-order chi connectivity index (χ1) is 9.88. The van der Waals surface area contributed by atoms with E-state index in [1.165, 1.54) is 7.11 Å². The second-order valence-electron chi connectivity index (χ2n) is 5.41. The molecule has 3 unspecified atom stereocenters. The lowest BCUT2D eigenvalue weighted by Gasteiger charge is -2.21. The second kappa shape index (κ2) is 5.16. The van der Waals surface area contributed by atoms with E-state index in [4.69, 9.17) is 4.74 Å². The van der Waals surface area contributed by atoms with E-state index in [0.29, 0.717) is 12.0 Å². The molecular weight excluding hydrogens is 301 g/mol. The summed E-state index contributed by atoms with van der Waals surface area (Å²) in [5.74, 6) is 0.194. The van der Waals surface area contributed by atoms with Gasteiger partial charge >= 0.3 is 6.18 Å². The molecular formula is C15H15F3O2S. The smallest absolute Gasteiger partial charge is 0.416 e. The SMILES string of the molecule is COc1cc(C2=CC3CCC(C2)S3=O)cc(C(F)(F)F)c1. The first-order valence-corrected chi connectivity index (χ1v) is 8.03. The minimum Gasteiger partial charge on any atom is -0.497 e. The molecule has 6 heteroatoms. The average molecular weight is 316 g/mol. The molecule has 0 amide bonds. The standard InChI is InChI=1S/C15H15F3O2S/c1-20-12-5-9(4-11(8-12)15(16,17)18)10-6-13-2-3-14(7-10)21(13)19/h4-6,8,13-14H,2-3,7H2,1H3. The average Bonchev–Trinajstić information content (AvgIpc) is 2.67. The summed E-state index contributed by atoms with van der Waals surface area (Å²) >= 11 is 0. The van der Waals surface area contributed by atoms with Gasteiger partial charge in [-0.05, 0) is 48.6 Å². The van der Waals surface area contributed by atoms with E-state index < -0.39 is 22.5 Å². The third-order valence-corrected chi connectivity index (χ3v) is 6.10. The Morgan fingerprint density at radius 2 is 2.00 bits per heavy atom. The van der Waals surface area contributed by atoms with Crippen LogP contribution in [0.5, 0.6) is 5.75 Å². The lowest BCUT2D eigenvalue weighted by Crippen LogP contribution is -2.20. The molecule has 2 nitrogen and oxygen atoms in total. The Morgan fingerprint density at radius 3 is 2.62 bits per heavy atom. The van der Waals surface area contributed by atoms with Crippen LogP contribution in [-0.4, -0.2) is 21.8 Å². The van der Waals surface area contributed by atoms with Crippen LogP contribution < -0.4 is 4.74 Å². The van der Waals surface area contributed by atoms with Crippen LogP contribution in [0.25, 0.3) is 5.57 Å². The fraction of sp³-hybridized carbons (Fsp3) is 0.467. The minimum atomic E-state index is -4.40. The summed E-state index contributed by atoms with van der Waals surface area (Å²) in [7, 11) is 0.482. The lowest BCUT2D eigenvalue weighted by atomic mass is 9.98. The Hall–Kier alpha value is -1.30. The zero-order valence-corrected chi connectivity index (χ0v) is 12.3. The van der Waals surface area contributed by atoms with Crippen LogP contribution in [0.2, 0.25) is 0 Å². The highest BCUT2D eigenvalue weighted by Gasteiger charge is 2.37. The van der Waals surface area contributed by atoms with Crippen LogP contribution >= 0.6 is 0 Å². The van der Waals surface area contributed by atoms with E-state index in [1.807, 2.05) is 6.08 Å². The topological polar surface area (TPSA) is 26.3 Å². The molecule has 1 aromatic rings. The van der Waals surface area contributed by atoms with Crippen molar-refractivity contribution < 1.29 is 22.1 Å². The van der Waals surface area contributed by atoms with E-state index in [-0.39, 0.29) is 16.2 Å². The van der Waals surface area contributed by atoms with Crippen molar-refractivity contribution in [1.29, 1.82) is 0 Å². The number of hydrogen-bond acceptors (Lipinski definition) is 2. The van der Waals surface area contributed by atoms with Crippen molar-refractivity contribution in [3.8, 4) is 5.75 Å². The van der Waals surface area contributed by atoms with Crippen molar-refractivity contribution in [3.63, 3.8) is 0 Å². The van der Waals surface area contributed by atoms with Crippen LogP contribution in [0.15, 0.2) is 24.3 Å². The fourth-order valence-corrected chi connectivity index (χ4v) is 4.86. The zero-order valence-electron chi connectivity index (χ0n) is 11.4. The summed E-state index contributed by atoms with van der Waals surface area (Å²) in [5, 5.41) is 0.0647. The molecule has 1 saturated heterocycles. The second-order valence-corrected chi connectivity index (χ2v) is 7.34. The Labute approximate surface area is 123 Å². The van der Waals surface area contributed by atoms with Crippen LogP contribution in [0.1, 0.15) is 30.4 Å². The maximum Gasteiger partial charge on any atom is 0.416 e. The molecule has 1 aromatic carbocycles. The van der Waals surface area contributed by atoms with Crippen molar-refractivity contribution in [3.05, 3.63) is 35.4 Å². The number of benzene rings is 1. The van der Waals surface area contributed by atoms with Gasteiger partial charge in [0.1, 0.15) is 5.75 Å². The number of fused-ring (bicyclic) bond motifs is 2. The molecule has 0 aromatic heterocycles. The highest BCUT2D eigenvalue weighted by Crippen LogP contribution is 2.41. The number of ether oxygens (including phenoxy) is 1. The van der Waals surface area contributed by atoms with Gasteiger partial charge in [-0.15, -0.1) is 0 Å². The van der Waals surface area contributed by atoms with E-state index in [1.54, 1.807) is 6.07 Å². The number of alkyl halides is 3. The Balaban J connectivity index is 2.03. The lowest BCUT2D eigenvalue weighted by molar-refractivity contribution is -0.137. The van der Waals surface area contributed by atoms with E-state index in [9.17, 15) is 17.4 Å². The largest absolute Gasteiger partial charge is 0.497 e. The van der Waals surface area contributed by atoms with Gasteiger partial charge in [0.25, 0.3) is 0 Å². The number of rotatable bonds is 2. The van der Waals surface area contributed by atoms with E-state index in [2.05, 4.69) is 0 Å². The molecule has 0 spiro atoms. The predicted octanol–water partition coefficient (Wildman–Crippen LogP) is 3.78. The predicted molar refractivity (Wildman–Crippen MR) is 75.5 cm³/mol. The molecule has 2 bridgehead atoms. The number of halogens is 3. The van der Waals surface area contributed by atoms with Gasteiger partial charge < -0.3 is 4.74 Å². The normalized spacial score (nSPS) is 28.4. The maximum absolute atomic E-state index is 13.0. The maximum atomic E-state index is 13.0. The molecule has 114 valence electrons. The van der Waals surface area contributed by atoms with Gasteiger partial charge in [-0.2, -0.15) is 13.2 Å². The Kier molecular flexibility index (Phi) is 3.59. The molecule has 3 rings (SSSR count). The third kappa shape index (κ3) is 2.73. The van der Waals surface area contributed by atoms with Crippen molar-refractivity contribution in [2.24, 2.45) is 0 Å². The van der Waals surface area contributed by atoms with Crippen molar-refractivity contribution in [2.45, 2.75) is 35.9 Å². The Morgan fingerprint density at radius 1 is 1.24 bits per heavy atom. The molecule has 1 fully saturated rings. The van der Waals surface area contributed by atoms with Crippen molar-refractivity contribution in [1.82, 2.24) is 0 Å². The number of methoxy groups -OCH3 is 1. The van der Waals surface area contributed by atoms with E-state index in [0.717, 1.165) is 30.5 Å². The molecule has 0 saturated carbocycles. The van der Waals surface area contributed by atoms with Gasteiger partial charge in [0.2, 0.25) is 0 Å². The molecule has 2 aliphatic rings. The molecule has 0 aliphatic carbocycles. The highest BCUT2D eigenvalue weighted by molar-refractivity contribution is 7.86. The summed E-state index contributed by atoms with van der Waals surface area (Å²) < 4.78 is 55.8. The molecule has 0 radical (unpaired) electrons. The van der Waals surface area contributed by atoms with Gasteiger partial charge in [0.15, 0.2) is 0 Å². The van der Waals surface area contributed by atoms with Gasteiger partial charge in [0.05, 0.1) is 17.9 Å². The monoisotopic (exact) mass is 316 g/mol. The van der Waals surface area contributed by atoms with Crippen LogP contribution in [0.3, 0.4) is 0 Å². The minimum absolute atomic E-state index is 0.0145. The Bertz CT molecular complexity index is 622. The summed E-state index contributed by atoms with van der Waals surface area (Å²) in [4.78, 5) is 0. The molecule has 3 atom stereocenters. The van der Waals surface area contributed by atoms with Crippen LogP contribution in [0.4, 0.5) is 13.2 Å². The zero-order chi connectivity index (χ0) is 15.2. The van der Waals surface area contributed by atoms with Gasteiger partial charge in [-0.3, -0.25) is 4.21 Å². The summed E-state index contributed by atoms with van der Waals surface area (Å²) in [6, 6.07) is 3.77. The van der Waals surface area contributed by atoms with E-state index >= 15 is 0 Å². The van der Waals surface area contributed by atoms with Crippen molar-refractivity contribution in [2.75, 3.05) is 7.11 Å². The quantitative estimate of drug-likeness (QED) is 0.830. The van der Waals surface area contributed by atoms with Crippen molar-refractivity contribution >= 4 is 16.4 Å². The fourth-order valence-electron chi connectivity index (χ4n) is 2.98. The first-order valence-electron chi connectivity index (χ1n) is 6.75. The molecule has 2 aliphatic heterocycles. The van der Waals surface area contributed by atoms with Gasteiger partial charge in [-0.25, -0.2) is 0 Å². The molecule has 2 heterocycles. The van der Waals surface area contributed by atoms with Crippen LogP contribution in [0, 0.1) is 0 Å². The highest BCUT2D eigenvalue weighted by atomic mass is 32.2. The number of hydrogen-bond donors (Lipinski definition) is 0. The summed E-state index contributed by atoms with van der Waals surface area (Å²) in [6.07, 6.45) is -0.202. The molecule has 0 N–H and O–H groups in total. The van der Waals surface area contributed by atoms with Crippen LogP contribution in [-0.2, 0) is 17.0 Å². The number of allylic oxidation sites excluding steroid dienone is 1. The van der Waals surface area contributed by atoms with Gasteiger partial charge in [-0.1, -0.05) is 6.08 Å². The third-order valence-electron chi connectivity index (χ3n) is 4.08. The summed E-state index contributed by atoms with van der Waals surface area (Å²) in [6.45, 7) is 0. The summed E-state index contributed by atoms with van der Waals surface area (Å²) in [5.41, 5.74) is 0.665. The first kappa shape index (κ1) is 14.6.